The number of rotatable bonds is 7. The minimum atomic E-state index is -0.793. The molecule has 2 aromatic heterocycles. The molecule has 4 rings (SSSR count). The molecular formula is C25H35N7O3. The summed E-state index contributed by atoms with van der Waals surface area (Å²) in [6.45, 7) is 8.05. The third kappa shape index (κ3) is 5.53. The van der Waals surface area contributed by atoms with Crippen molar-refractivity contribution in [3.8, 4) is 0 Å². The SMILES string of the molecule is CCCN(C)C(=O)c1nc(N)c2[nH]c(=O)c(=O)n(CC3=CCC(C)CC(CN4CCCC4)=C3)c2n1. The van der Waals surface area contributed by atoms with Gasteiger partial charge in [0.05, 0.1) is 6.54 Å². The van der Waals surface area contributed by atoms with E-state index >= 15 is 0 Å². The van der Waals surface area contributed by atoms with Crippen LogP contribution in [-0.4, -0.2) is 68.5 Å². The number of nitrogens with one attached hydrogen (secondary N) is 1. The maximum Gasteiger partial charge on any atom is 0.318 e. The Bertz CT molecular complexity index is 1280. The fraction of sp³-hybridized carbons (Fsp3) is 0.560. The lowest BCUT2D eigenvalue weighted by atomic mass is 10.00. The lowest BCUT2D eigenvalue weighted by Gasteiger charge is -2.19. The molecule has 1 aliphatic heterocycles. The van der Waals surface area contributed by atoms with Gasteiger partial charge >= 0.3 is 11.1 Å². The van der Waals surface area contributed by atoms with Gasteiger partial charge in [-0.2, -0.15) is 0 Å². The van der Waals surface area contributed by atoms with Crippen LogP contribution in [0, 0.1) is 5.92 Å². The number of hydrogen-bond acceptors (Lipinski definition) is 7. The van der Waals surface area contributed by atoms with Gasteiger partial charge in [-0.25, -0.2) is 9.97 Å². The Morgan fingerprint density at radius 3 is 2.69 bits per heavy atom. The minimum absolute atomic E-state index is 0.0390. The molecule has 3 heterocycles. The molecule has 1 aliphatic carbocycles. The summed E-state index contributed by atoms with van der Waals surface area (Å²) in [5.41, 5.74) is 7.18. The first-order valence-corrected chi connectivity index (χ1v) is 12.4. The number of hydrogen-bond donors (Lipinski definition) is 2. The second kappa shape index (κ2) is 10.6. The number of nitrogens with zero attached hydrogens (tertiary/aromatic N) is 5. The van der Waals surface area contributed by atoms with Crippen molar-refractivity contribution < 1.29 is 4.79 Å². The van der Waals surface area contributed by atoms with Crippen LogP contribution in [0.5, 0.6) is 0 Å². The Morgan fingerprint density at radius 2 is 1.97 bits per heavy atom. The summed E-state index contributed by atoms with van der Waals surface area (Å²) >= 11 is 0. The van der Waals surface area contributed by atoms with Gasteiger partial charge in [-0.05, 0) is 56.7 Å². The Kier molecular flexibility index (Phi) is 7.49. The molecular weight excluding hydrogens is 446 g/mol. The zero-order valence-electron chi connectivity index (χ0n) is 20.8. The molecule has 2 aliphatic rings. The van der Waals surface area contributed by atoms with Crippen LogP contribution >= 0.6 is 0 Å². The van der Waals surface area contributed by atoms with E-state index in [4.69, 9.17) is 5.73 Å². The van der Waals surface area contributed by atoms with Crippen molar-refractivity contribution in [2.24, 2.45) is 5.92 Å². The predicted molar refractivity (Wildman–Crippen MR) is 136 cm³/mol. The molecule has 35 heavy (non-hydrogen) atoms. The van der Waals surface area contributed by atoms with Crippen molar-refractivity contribution in [3.63, 3.8) is 0 Å². The molecule has 10 nitrogen and oxygen atoms in total. The first-order chi connectivity index (χ1) is 16.8. The van der Waals surface area contributed by atoms with Gasteiger partial charge in [-0.1, -0.05) is 31.6 Å². The summed E-state index contributed by atoms with van der Waals surface area (Å²) in [6, 6.07) is 0. The molecule has 10 heteroatoms. The van der Waals surface area contributed by atoms with Gasteiger partial charge in [0.1, 0.15) is 5.52 Å². The number of likely N-dealkylation sites (tertiary alicyclic amines) is 1. The van der Waals surface area contributed by atoms with E-state index in [-0.39, 0.29) is 35.3 Å². The molecule has 1 unspecified atom stereocenters. The number of aromatic nitrogens is 4. The molecule has 1 saturated heterocycles. The molecule has 1 amide bonds. The van der Waals surface area contributed by atoms with E-state index in [1.807, 2.05) is 6.92 Å². The normalized spacial score (nSPS) is 18.9. The van der Waals surface area contributed by atoms with E-state index in [0.29, 0.717) is 12.5 Å². The monoisotopic (exact) mass is 481 g/mol. The number of allylic oxidation sites excluding steroid dienone is 3. The highest BCUT2D eigenvalue weighted by atomic mass is 16.2. The maximum atomic E-state index is 13.0. The highest BCUT2D eigenvalue weighted by Gasteiger charge is 2.21. The first kappa shape index (κ1) is 24.8. The summed E-state index contributed by atoms with van der Waals surface area (Å²) in [5.74, 6) is -0.0334. The lowest BCUT2D eigenvalue weighted by Crippen LogP contribution is -2.38. The minimum Gasteiger partial charge on any atom is -0.382 e. The standard InChI is InChI=1S/C25H35N7O3/c1-4-9-30(3)24(34)21-28-20(26)19-22(29-21)32(25(35)23(33)27-19)15-17-8-7-16(2)12-18(13-17)14-31-10-5-6-11-31/h8,13,16H,4-7,9-12,14-15H2,1-3H3,(H,27,33)(H2,26,28,29). The number of aromatic amines is 1. The van der Waals surface area contributed by atoms with Crippen LogP contribution in [0.25, 0.3) is 11.2 Å². The van der Waals surface area contributed by atoms with Gasteiger partial charge in [0.15, 0.2) is 11.5 Å². The van der Waals surface area contributed by atoms with Crippen molar-refractivity contribution in [3.05, 3.63) is 49.8 Å². The highest BCUT2D eigenvalue weighted by Crippen LogP contribution is 2.25. The third-order valence-electron chi connectivity index (χ3n) is 6.70. The van der Waals surface area contributed by atoms with E-state index in [1.54, 1.807) is 7.05 Å². The third-order valence-corrected chi connectivity index (χ3v) is 6.70. The number of nitrogen functional groups attached to an aromatic ring is 1. The number of carbonyl (C=O) groups excluding carboxylic acids is 1. The van der Waals surface area contributed by atoms with Crippen molar-refractivity contribution in [2.75, 3.05) is 39.0 Å². The van der Waals surface area contributed by atoms with Crippen LogP contribution in [0.3, 0.4) is 0 Å². The molecule has 0 spiro atoms. The van der Waals surface area contributed by atoms with E-state index in [0.717, 1.165) is 44.5 Å². The molecule has 2 aromatic rings. The maximum absolute atomic E-state index is 13.0. The van der Waals surface area contributed by atoms with Crippen molar-refractivity contribution >= 4 is 22.9 Å². The van der Waals surface area contributed by atoms with Gasteiger partial charge in [0.25, 0.3) is 5.91 Å². The van der Waals surface area contributed by atoms with Gasteiger partial charge in [-0.15, -0.1) is 0 Å². The summed E-state index contributed by atoms with van der Waals surface area (Å²) in [6.07, 6.45) is 9.42. The summed E-state index contributed by atoms with van der Waals surface area (Å²) in [7, 11) is 1.67. The average molecular weight is 482 g/mol. The molecule has 0 saturated carbocycles. The summed E-state index contributed by atoms with van der Waals surface area (Å²) < 4.78 is 1.31. The smallest absolute Gasteiger partial charge is 0.318 e. The molecule has 1 atom stereocenters. The van der Waals surface area contributed by atoms with E-state index < -0.39 is 11.1 Å². The van der Waals surface area contributed by atoms with Gasteiger partial charge in [0, 0.05) is 20.1 Å². The number of nitrogens with two attached hydrogens (primary N) is 1. The van der Waals surface area contributed by atoms with Gasteiger partial charge in [0.2, 0.25) is 5.82 Å². The zero-order valence-corrected chi connectivity index (χ0v) is 20.8. The average Bonchev–Trinajstić information content (AvgIpc) is 3.26. The van der Waals surface area contributed by atoms with Crippen LogP contribution in [0.2, 0.25) is 0 Å². The molecule has 0 bridgehead atoms. The van der Waals surface area contributed by atoms with Crippen LogP contribution in [0.1, 0.15) is 56.6 Å². The van der Waals surface area contributed by atoms with Crippen LogP contribution in [0.4, 0.5) is 5.82 Å². The fourth-order valence-electron chi connectivity index (χ4n) is 4.91. The highest BCUT2D eigenvalue weighted by molar-refractivity contribution is 5.93. The number of fused-ring (bicyclic) bond motifs is 1. The molecule has 0 aromatic carbocycles. The molecule has 0 radical (unpaired) electrons. The van der Waals surface area contributed by atoms with Crippen molar-refractivity contribution in [2.45, 2.75) is 52.5 Å². The Hall–Kier alpha value is -3.27. The van der Waals surface area contributed by atoms with E-state index in [2.05, 4.69) is 38.9 Å². The Morgan fingerprint density at radius 1 is 1.23 bits per heavy atom. The zero-order chi connectivity index (χ0) is 25.1. The number of amides is 1. The second-order valence-corrected chi connectivity index (χ2v) is 9.81. The van der Waals surface area contributed by atoms with E-state index in [9.17, 15) is 14.4 Å². The van der Waals surface area contributed by atoms with Crippen LogP contribution in [0.15, 0.2) is 32.9 Å². The Balaban J connectivity index is 1.75. The number of carbonyl (C=O) groups is 1. The number of H-pyrrole nitrogens is 1. The van der Waals surface area contributed by atoms with Crippen LogP contribution in [-0.2, 0) is 6.54 Å². The molecule has 3 N–H and O–H groups in total. The van der Waals surface area contributed by atoms with E-state index in [1.165, 1.54) is 27.9 Å². The summed E-state index contributed by atoms with van der Waals surface area (Å²) in [4.78, 5) is 53.2. The second-order valence-electron chi connectivity index (χ2n) is 9.81. The number of anilines is 1. The first-order valence-electron chi connectivity index (χ1n) is 12.4. The van der Waals surface area contributed by atoms with Crippen LogP contribution < -0.4 is 16.9 Å². The van der Waals surface area contributed by atoms with Gasteiger partial charge < -0.3 is 15.6 Å². The molecule has 188 valence electrons. The topological polar surface area (TPSA) is 130 Å². The van der Waals surface area contributed by atoms with Crippen molar-refractivity contribution in [1.82, 2.24) is 29.3 Å². The largest absolute Gasteiger partial charge is 0.382 e. The van der Waals surface area contributed by atoms with Crippen molar-refractivity contribution in [1.29, 1.82) is 0 Å². The van der Waals surface area contributed by atoms with Gasteiger partial charge in [-0.3, -0.25) is 23.9 Å². The summed E-state index contributed by atoms with van der Waals surface area (Å²) in [5, 5.41) is 0. The quantitative estimate of drug-likeness (QED) is 0.578. The Labute approximate surface area is 204 Å². The lowest BCUT2D eigenvalue weighted by molar-refractivity contribution is 0.0783. The fourth-order valence-corrected chi connectivity index (χ4v) is 4.91. The predicted octanol–water partition coefficient (Wildman–Crippen LogP) is 1.92. The molecule has 1 fully saturated rings.